The molecule has 0 aromatic heterocycles. The van der Waals surface area contributed by atoms with Crippen LogP contribution < -0.4 is 0 Å². The van der Waals surface area contributed by atoms with E-state index in [1.54, 1.807) is 0 Å². The van der Waals surface area contributed by atoms with Gasteiger partial charge in [-0.05, 0) is 32.1 Å². The van der Waals surface area contributed by atoms with Gasteiger partial charge >= 0.3 is 0 Å². The van der Waals surface area contributed by atoms with Crippen molar-refractivity contribution in [3.05, 3.63) is 24.3 Å². The molecule has 1 atom stereocenters. The van der Waals surface area contributed by atoms with Gasteiger partial charge in [-0.15, -0.1) is 0 Å². The lowest BCUT2D eigenvalue weighted by Crippen LogP contribution is -2.22. The van der Waals surface area contributed by atoms with Crippen LogP contribution in [0.25, 0.3) is 0 Å². The lowest BCUT2D eigenvalue weighted by molar-refractivity contribution is -0.116. The Hall–Kier alpha value is -0.850. The Morgan fingerprint density at radius 1 is 1.13 bits per heavy atom. The lowest BCUT2D eigenvalue weighted by Gasteiger charge is -2.24. The van der Waals surface area contributed by atoms with E-state index < -0.39 is 0 Å². The van der Waals surface area contributed by atoms with Gasteiger partial charge in [0.05, 0.1) is 0 Å². The molecular weight excluding hydrogens is 184 g/mol. The summed E-state index contributed by atoms with van der Waals surface area (Å²) in [5, 5.41) is 0. The molecule has 0 aliphatic heterocycles. The second-order valence-corrected chi connectivity index (χ2v) is 4.69. The van der Waals surface area contributed by atoms with E-state index in [9.17, 15) is 4.79 Å². The third kappa shape index (κ3) is 6.27. The van der Waals surface area contributed by atoms with E-state index in [1.807, 2.05) is 20.8 Å². The van der Waals surface area contributed by atoms with Crippen LogP contribution >= 0.6 is 0 Å². The standard InChI is InChI=1S/C14H24O/c1-5-6-7-8-9-10-11-13(2)14(3,4)12-15/h5-6,9-10,12-13H,7-8,11H2,1-4H3. The minimum absolute atomic E-state index is 0.201. The fraction of sp³-hybridized carbons (Fsp3) is 0.643. The van der Waals surface area contributed by atoms with E-state index in [0.717, 1.165) is 25.5 Å². The average molecular weight is 208 g/mol. The Labute approximate surface area is 94.3 Å². The van der Waals surface area contributed by atoms with Gasteiger partial charge in [-0.3, -0.25) is 0 Å². The summed E-state index contributed by atoms with van der Waals surface area (Å²) in [6, 6.07) is 0. The van der Waals surface area contributed by atoms with Crippen LogP contribution in [0.1, 0.15) is 47.0 Å². The Balaban J connectivity index is 3.80. The van der Waals surface area contributed by atoms with Gasteiger partial charge in [0.1, 0.15) is 6.29 Å². The smallest absolute Gasteiger partial charge is 0.125 e. The second kappa shape index (κ2) is 7.44. The van der Waals surface area contributed by atoms with E-state index in [0.29, 0.717) is 5.92 Å². The number of carbonyl (C=O) groups is 1. The second-order valence-electron chi connectivity index (χ2n) is 4.69. The molecule has 86 valence electrons. The average Bonchev–Trinajstić information content (AvgIpc) is 2.22. The number of rotatable bonds is 7. The van der Waals surface area contributed by atoms with Crippen molar-refractivity contribution >= 4 is 6.29 Å². The number of allylic oxidation sites excluding steroid dienone is 4. The minimum atomic E-state index is -0.201. The van der Waals surface area contributed by atoms with Crippen molar-refractivity contribution in [1.82, 2.24) is 0 Å². The maximum atomic E-state index is 10.8. The topological polar surface area (TPSA) is 17.1 Å². The first-order valence-corrected chi connectivity index (χ1v) is 5.77. The molecule has 0 aromatic rings. The summed E-state index contributed by atoms with van der Waals surface area (Å²) in [5.41, 5.74) is -0.201. The Morgan fingerprint density at radius 2 is 1.73 bits per heavy atom. The third-order valence-corrected chi connectivity index (χ3v) is 2.97. The van der Waals surface area contributed by atoms with Crippen molar-refractivity contribution in [2.75, 3.05) is 0 Å². The molecule has 0 fully saturated rings. The van der Waals surface area contributed by atoms with E-state index >= 15 is 0 Å². The zero-order valence-electron chi connectivity index (χ0n) is 10.5. The first kappa shape index (κ1) is 14.2. The van der Waals surface area contributed by atoms with Gasteiger partial charge in [0, 0.05) is 5.41 Å². The Morgan fingerprint density at radius 3 is 2.27 bits per heavy atom. The summed E-state index contributed by atoms with van der Waals surface area (Å²) >= 11 is 0. The first-order valence-electron chi connectivity index (χ1n) is 5.77. The molecule has 0 amide bonds. The number of hydrogen-bond acceptors (Lipinski definition) is 1. The summed E-state index contributed by atoms with van der Waals surface area (Å²) in [7, 11) is 0. The Kier molecular flexibility index (Phi) is 7.02. The molecule has 15 heavy (non-hydrogen) atoms. The lowest BCUT2D eigenvalue weighted by atomic mass is 9.79. The van der Waals surface area contributed by atoms with Gasteiger partial charge in [-0.2, -0.15) is 0 Å². The fourth-order valence-electron chi connectivity index (χ4n) is 1.20. The summed E-state index contributed by atoms with van der Waals surface area (Å²) in [6.45, 7) is 8.17. The molecule has 1 unspecified atom stereocenters. The van der Waals surface area contributed by atoms with Crippen LogP contribution in [0.15, 0.2) is 24.3 Å². The SMILES string of the molecule is CC=CCCC=CCC(C)C(C)(C)C=O. The molecule has 1 heteroatoms. The van der Waals surface area contributed by atoms with Crippen molar-refractivity contribution in [3.63, 3.8) is 0 Å². The van der Waals surface area contributed by atoms with Crippen LogP contribution in [0.4, 0.5) is 0 Å². The third-order valence-electron chi connectivity index (χ3n) is 2.97. The van der Waals surface area contributed by atoms with Crippen LogP contribution in [0.5, 0.6) is 0 Å². The summed E-state index contributed by atoms with van der Waals surface area (Å²) in [4.78, 5) is 10.8. The normalized spacial score (nSPS) is 14.9. The number of hydrogen-bond donors (Lipinski definition) is 0. The van der Waals surface area contributed by atoms with Crippen molar-refractivity contribution in [3.8, 4) is 0 Å². The molecule has 0 N–H and O–H groups in total. The van der Waals surface area contributed by atoms with E-state index in [4.69, 9.17) is 0 Å². The molecule has 0 bridgehead atoms. The monoisotopic (exact) mass is 208 g/mol. The van der Waals surface area contributed by atoms with Gasteiger partial charge in [0.15, 0.2) is 0 Å². The number of unbranched alkanes of at least 4 members (excludes halogenated alkanes) is 1. The van der Waals surface area contributed by atoms with Gasteiger partial charge in [-0.1, -0.05) is 45.1 Å². The Bertz CT molecular complexity index is 223. The van der Waals surface area contributed by atoms with E-state index in [1.165, 1.54) is 0 Å². The van der Waals surface area contributed by atoms with Gasteiger partial charge in [-0.25, -0.2) is 0 Å². The summed E-state index contributed by atoms with van der Waals surface area (Å²) in [6.07, 6.45) is 12.9. The predicted molar refractivity (Wildman–Crippen MR) is 66.8 cm³/mol. The van der Waals surface area contributed by atoms with Crippen LogP contribution in [-0.4, -0.2) is 6.29 Å². The van der Waals surface area contributed by atoms with E-state index in [-0.39, 0.29) is 5.41 Å². The van der Waals surface area contributed by atoms with Crippen molar-refractivity contribution < 1.29 is 4.79 Å². The summed E-state index contributed by atoms with van der Waals surface area (Å²) in [5.74, 6) is 0.410. The maximum Gasteiger partial charge on any atom is 0.125 e. The molecule has 0 aromatic carbocycles. The zero-order chi connectivity index (χ0) is 11.7. The first-order chi connectivity index (χ1) is 7.04. The molecule has 0 saturated heterocycles. The largest absolute Gasteiger partial charge is 0.303 e. The molecule has 0 spiro atoms. The van der Waals surface area contributed by atoms with Gasteiger partial charge in [0.25, 0.3) is 0 Å². The molecule has 0 radical (unpaired) electrons. The highest BCUT2D eigenvalue weighted by Crippen LogP contribution is 2.26. The molecule has 0 aliphatic carbocycles. The summed E-state index contributed by atoms with van der Waals surface area (Å²) < 4.78 is 0. The van der Waals surface area contributed by atoms with Crippen molar-refractivity contribution in [2.24, 2.45) is 11.3 Å². The highest BCUT2D eigenvalue weighted by atomic mass is 16.1. The van der Waals surface area contributed by atoms with Crippen molar-refractivity contribution in [2.45, 2.75) is 47.0 Å². The molecule has 0 aliphatic rings. The van der Waals surface area contributed by atoms with Gasteiger partial charge in [0.2, 0.25) is 0 Å². The van der Waals surface area contributed by atoms with E-state index in [2.05, 4.69) is 31.2 Å². The molecule has 0 heterocycles. The molecular formula is C14H24O. The quantitative estimate of drug-likeness (QED) is 0.349. The van der Waals surface area contributed by atoms with Crippen LogP contribution in [0.2, 0.25) is 0 Å². The van der Waals surface area contributed by atoms with Crippen LogP contribution in [0, 0.1) is 11.3 Å². The van der Waals surface area contributed by atoms with Crippen LogP contribution in [0.3, 0.4) is 0 Å². The molecule has 0 saturated carbocycles. The fourth-order valence-corrected chi connectivity index (χ4v) is 1.20. The highest BCUT2D eigenvalue weighted by Gasteiger charge is 2.23. The number of aldehydes is 1. The number of carbonyl (C=O) groups excluding carboxylic acids is 1. The maximum absolute atomic E-state index is 10.8. The van der Waals surface area contributed by atoms with Gasteiger partial charge < -0.3 is 4.79 Å². The molecule has 1 nitrogen and oxygen atoms in total. The van der Waals surface area contributed by atoms with Crippen LogP contribution in [-0.2, 0) is 4.79 Å². The zero-order valence-corrected chi connectivity index (χ0v) is 10.5. The molecule has 0 rings (SSSR count). The highest BCUT2D eigenvalue weighted by molar-refractivity contribution is 5.58. The minimum Gasteiger partial charge on any atom is -0.303 e. The van der Waals surface area contributed by atoms with Crippen molar-refractivity contribution in [1.29, 1.82) is 0 Å². The predicted octanol–water partition coefficient (Wildman–Crippen LogP) is 4.15.